The lowest BCUT2D eigenvalue weighted by atomic mass is 10.0. The molecule has 1 aliphatic heterocycles. The van der Waals surface area contributed by atoms with Crippen molar-refractivity contribution in [1.29, 1.82) is 0 Å². The number of benzene rings is 1. The number of nitrogens with one attached hydrogen (secondary N) is 1. The average molecular weight is 267 g/mol. The molecular weight excluding hydrogens is 257 g/mol. The van der Waals surface area contributed by atoms with Crippen molar-refractivity contribution < 1.29 is 4.39 Å². The molecule has 1 atom stereocenters. The fraction of sp³-hybridized carbons (Fsp3) is 0.273. The summed E-state index contributed by atoms with van der Waals surface area (Å²) < 4.78 is 17.5. The SMILES string of the molecule is Fc1cccc2c1SCCC2Nc1cnns1. The van der Waals surface area contributed by atoms with Gasteiger partial charge in [-0.2, -0.15) is 0 Å². The van der Waals surface area contributed by atoms with Gasteiger partial charge in [-0.25, -0.2) is 4.39 Å². The van der Waals surface area contributed by atoms with Crippen LogP contribution in [0.25, 0.3) is 0 Å². The molecule has 88 valence electrons. The molecule has 0 fully saturated rings. The van der Waals surface area contributed by atoms with Crippen molar-refractivity contribution in [2.24, 2.45) is 0 Å². The minimum atomic E-state index is -0.124. The summed E-state index contributed by atoms with van der Waals surface area (Å²) in [5.74, 6) is 0.805. The Morgan fingerprint density at radius 1 is 1.41 bits per heavy atom. The predicted octanol–water partition coefficient (Wildman–Crippen LogP) is 3.33. The Balaban J connectivity index is 1.92. The summed E-state index contributed by atoms with van der Waals surface area (Å²) in [6.07, 6.45) is 2.68. The molecule has 0 bridgehead atoms. The maximum Gasteiger partial charge on any atom is 0.137 e. The molecule has 17 heavy (non-hydrogen) atoms. The quantitative estimate of drug-likeness (QED) is 0.905. The van der Waals surface area contributed by atoms with E-state index in [1.807, 2.05) is 6.07 Å². The molecule has 1 aliphatic rings. The van der Waals surface area contributed by atoms with Crippen molar-refractivity contribution in [3.63, 3.8) is 0 Å². The first-order valence-electron chi connectivity index (χ1n) is 5.29. The van der Waals surface area contributed by atoms with E-state index in [9.17, 15) is 4.39 Å². The molecule has 1 unspecified atom stereocenters. The van der Waals surface area contributed by atoms with Crippen molar-refractivity contribution in [2.75, 3.05) is 11.1 Å². The molecule has 0 spiro atoms. The van der Waals surface area contributed by atoms with E-state index < -0.39 is 0 Å². The van der Waals surface area contributed by atoms with Crippen molar-refractivity contribution in [1.82, 2.24) is 9.59 Å². The molecular formula is C11H10FN3S2. The van der Waals surface area contributed by atoms with Gasteiger partial charge in [0.1, 0.15) is 10.8 Å². The average Bonchev–Trinajstić information content (AvgIpc) is 2.83. The molecule has 0 aliphatic carbocycles. The smallest absolute Gasteiger partial charge is 0.137 e. The Hall–Kier alpha value is -1.14. The number of thioether (sulfide) groups is 1. The first-order valence-corrected chi connectivity index (χ1v) is 7.05. The maximum atomic E-state index is 13.7. The number of anilines is 1. The van der Waals surface area contributed by atoms with Crippen molar-refractivity contribution in [2.45, 2.75) is 17.4 Å². The third kappa shape index (κ3) is 2.14. The van der Waals surface area contributed by atoms with Crippen LogP contribution in [0.5, 0.6) is 0 Å². The highest BCUT2D eigenvalue weighted by molar-refractivity contribution is 7.99. The number of rotatable bonds is 2. The van der Waals surface area contributed by atoms with Gasteiger partial charge in [-0.05, 0) is 18.1 Å². The Morgan fingerprint density at radius 3 is 3.18 bits per heavy atom. The van der Waals surface area contributed by atoms with Crippen LogP contribution in [0.3, 0.4) is 0 Å². The van der Waals surface area contributed by atoms with Crippen molar-refractivity contribution >= 4 is 28.3 Å². The van der Waals surface area contributed by atoms with Gasteiger partial charge < -0.3 is 5.32 Å². The molecule has 2 aromatic rings. The molecule has 0 saturated carbocycles. The first kappa shape index (κ1) is 11.0. The van der Waals surface area contributed by atoms with Crippen LogP contribution in [0.2, 0.25) is 0 Å². The second-order valence-corrected chi connectivity index (χ2v) is 5.66. The Bertz CT molecular complexity index is 515. The van der Waals surface area contributed by atoms with E-state index in [1.165, 1.54) is 17.6 Å². The molecule has 1 N–H and O–H groups in total. The molecule has 3 rings (SSSR count). The lowest BCUT2D eigenvalue weighted by Crippen LogP contribution is -2.16. The number of aromatic nitrogens is 2. The number of hydrogen-bond donors (Lipinski definition) is 1. The van der Waals surface area contributed by atoms with Gasteiger partial charge in [0.25, 0.3) is 0 Å². The van der Waals surface area contributed by atoms with Gasteiger partial charge in [0.15, 0.2) is 0 Å². The minimum Gasteiger partial charge on any atom is -0.367 e. The van der Waals surface area contributed by atoms with Gasteiger partial charge >= 0.3 is 0 Å². The standard InChI is InChI=1S/C11H10FN3S2/c12-8-3-1-2-7-9(4-5-16-11(7)8)14-10-6-13-15-17-10/h1-3,6,9,14H,4-5H2. The summed E-state index contributed by atoms with van der Waals surface area (Å²) in [5, 5.41) is 8.07. The molecule has 0 amide bonds. The third-order valence-corrected chi connectivity index (χ3v) is 4.46. The van der Waals surface area contributed by atoms with E-state index in [1.54, 1.807) is 24.0 Å². The van der Waals surface area contributed by atoms with Crippen LogP contribution >= 0.6 is 23.3 Å². The van der Waals surface area contributed by atoms with Crippen LogP contribution < -0.4 is 5.32 Å². The van der Waals surface area contributed by atoms with Crippen LogP contribution in [0.4, 0.5) is 9.39 Å². The van der Waals surface area contributed by atoms with Gasteiger partial charge in [0, 0.05) is 22.2 Å². The van der Waals surface area contributed by atoms with E-state index >= 15 is 0 Å². The zero-order chi connectivity index (χ0) is 11.7. The third-order valence-electron chi connectivity index (χ3n) is 2.70. The van der Waals surface area contributed by atoms with Crippen LogP contribution in [-0.4, -0.2) is 15.3 Å². The molecule has 3 nitrogen and oxygen atoms in total. The minimum absolute atomic E-state index is 0.124. The summed E-state index contributed by atoms with van der Waals surface area (Å²) in [6.45, 7) is 0. The van der Waals surface area contributed by atoms with Gasteiger partial charge in [0.05, 0.1) is 12.2 Å². The van der Waals surface area contributed by atoms with Crippen LogP contribution in [-0.2, 0) is 0 Å². The van der Waals surface area contributed by atoms with Crippen molar-refractivity contribution in [3.8, 4) is 0 Å². The number of hydrogen-bond acceptors (Lipinski definition) is 5. The van der Waals surface area contributed by atoms with E-state index in [2.05, 4.69) is 14.9 Å². The summed E-state index contributed by atoms with van der Waals surface area (Å²) in [6, 6.07) is 5.42. The number of nitrogens with zero attached hydrogens (tertiary/aromatic N) is 2. The van der Waals surface area contributed by atoms with Crippen LogP contribution in [0.1, 0.15) is 18.0 Å². The zero-order valence-electron chi connectivity index (χ0n) is 8.89. The normalized spacial score (nSPS) is 18.8. The largest absolute Gasteiger partial charge is 0.367 e. The predicted molar refractivity (Wildman–Crippen MR) is 68.0 cm³/mol. The summed E-state index contributed by atoms with van der Waals surface area (Å²) >= 11 is 2.91. The lowest BCUT2D eigenvalue weighted by molar-refractivity contribution is 0.585. The second kappa shape index (κ2) is 4.62. The number of halogens is 1. The molecule has 6 heteroatoms. The van der Waals surface area contributed by atoms with Gasteiger partial charge in [-0.15, -0.1) is 16.9 Å². The summed E-state index contributed by atoms with van der Waals surface area (Å²) in [5.41, 5.74) is 1.04. The van der Waals surface area contributed by atoms with E-state index in [0.717, 1.165) is 27.6 Å². The first-order chi connectivity index (χ1) is 8.34. The maximum absolute atomic E-state index is 13.7. The molecule has 1 aromatic carbocycles. The Labute approximate surface area is 107 Å². The van der Waals surface area contributed by atoms with Gasteiger partial charge in [-0.3, -0.25) is 0 Å². The van der Waals surface area contributed by atoms with Crippen LogP contribution in [0.15, 0.2) is 29.3 Å². The van der Waals surface area contributed by atoms with E-state index in [0.29, 0.717) is 0 Å². The summed E-state index contributed by atoms with van der Waals surface area (Å²) in [4.78, 5) is 0.772. The fourth-order valence-electron chi connectivity index (χ4n) is 1.94. The molecule has 1 aromatic heterocycles. The second-order valence-electron chi connectivity index (χ2n) is 3.77. The Kier molecular flexibility index (Phi) is 2.98. The highest BCUT2D eigenvalue weighted by atomic mass is 32.2. The van der Waals surface area contributed by atoms with Crippen molar-refractivity contribution in [3.05, 3.63) is 35.8 Å². The molecule has 0 saturated heterocycles. The number of fused-ring (bicyclic) bond motifs is 1. The van der Waals surface area contributed by atoms with E-state index in [4.69, 9.17) is 0 Å². The molecule has 2 heterocycles. The van der Waals surface area contributed by atoms with E-state index in [-0.39, 0.29) is 11.9 Å². The monoisotopic (exact) mass is 267 g/mol. The highest BCUT2D eigenvalue weighted by Gasteiger charge is 2.23. The lowest BCUT2D eigenvalue weighted by Gasteiger charge is -2.26. The molecule has 0 radical (unpaired) electrons. The van der Waals surface area contributed by atoms with Gasteiger partial charge in [0.2, 0.25) is 0 Å². The Morgan fingerprint density at radius 2 is 2.35 bits per heavy atom. The topological polar surface area (TPSA) is 37.8 Å². The summed E-state index contributed by atoms with van der Waals surface area (Å²) in [7, 11) is 0. The highest BCUT2D eigenvalue weighted by Crippen LogP contribution is 2.39. The van der Waals surface area contributed by atoms with Crippen LogP contribution in [0, 0.1) is 5.82 Å². The van der Waals surface area contributed by atoms with Gasteiger partial charge in [-0.1, -0.05) is 16.6 Å². The fourth-order valence-corrected chi connectivity index (χ4v) is 3.55. The zero-order valence-corrected chi connectivity index (χ0v) is 10.5.